The number of aromatic nitrogens is 5. The van der Waals surface area contributed by atoms with E-state index in [4.69, 9.17) is 11.6 Å². The number of benzene rings is 4. The highest BCUT2D eigenvalue weighted by Crippen LogP contribution is 2.30. The molecule has 41 heavy (non-hydrogen) atoms. The van der Waals surface area contributed by atoms with E-state index in [-0.39, 0.29) is 22.2 Å². The molecule has 0 bridgehead atoms. The second kappa shape index (κ2) is 9.93. The van der Waals surface area contributed by atoms with Crippen LogP contribution in [0.1, 0.15) is 11.4 Å². The summed E-state index contributed by atoms with van der Waals surface area (Å²) in [6, 6.07) is 17.1. The standard InChI is InChI=1S/C29H20ClF3N6O2/c1-15-34-23-12-19(30)22(13-25(23)37(15)2)35-27-36-28(40)39(24-9-5-7-17-6-3-4-8-18(17)24)29(41)38(27)14-16-10-20(31)26(33)21(32)11-16/h3-13H,14H2,1-2H3,(H,35,36,40). The van der Waals surface area contributed by atoms with Crippen LogP contribution in [0.5, 0.6) is 0 Å². The topological polar surface area (TPSA) is 86.7 Å². The molecule has 2 aromatic heterocycles. The molecule has 1 N–H and O–H groups in total. The third-order valence-electron chi connectivity index (χ3n) is 6.90. The van der Waals surface area contributed by atoms with E-state index in [1.165, 1.54) is 0 Å². The number of nitrogens with one attached hydrogen (secondary N) is 1. The van der Waals surface area contributed by atoms with Crippen molar-refractivity contribution in [3.63, 3.8) is 0 Å². The third-order valence-corrected chi connectivity index (χ3v) is 7.21. The first-order valence-corrected chi connectivity index (χ1v) is 12.7. The lowest BCUT2D eigenvalue weighted by Gasteiger charge is -2.17. The number of hydrogen-bond acceptors (Lipinski definition) is 5. The van der Waals surface area contributed by atoms with E-state index in [2.05, 4.69) is 15.3 Å². The predicted octanol–water partition coefficient (Wildman–Crippen LogP) is 5.61. The molecule has 2 heterocycles. The largest absolute Gasteiger partial charge is 0.359 e. The molecule has 206 valence electrons. The molecular weight excluding hydrogens is 557 g/mol. The number of hydrogen-bond donors (Lipinski definition) is 1. The van der Waals surface area contributed by atoms with Crippen molar-refractivity contribution >= 4 is 45.0 Å². The molecule has 0 aliphatic heterocycles. The molecule has 0 saturated heterocycles. The molecule has 8 nitrogen and oxygen atoms in total. The van der Waals surface area contributed by atoms with Crippen LogP contribution in [-0.2, 0) is 13.6 Å². The summed E-state index contributed by atoms with van der Waals surface area (Å²) >= 11 is 6.51. The van der Waals surface area contributed by atoms with E-state index in [0.717, 1.165) is 38.0 Å². The minimum absolute atomic E-state index is 0.0692. The van der Waals surface area contributed by atoms with Gasteiger partial charge in [0, 0.05) is 12.4 Å². The normalized spacial score (nSPS) is 11.5. The second-order valence-electron chi connectivity index (χ2n) is 9.46. The molecule has 12 heteroatoms. The Morgan fingerprint density at radius 2 is 1.63 bits per heavy atom. The molecule has 0 radical (unpaired) electrons. The fourth-order valence-corrected chi connectivity index (χ4v) is 4.98. The zero-order valence-electron chi connectivity index (χ0n) is 21.6. The Labute approximate surface area is 234 Å². The van der Waals surface area contributed by atoms with Crippen LogP contribution in [0.3, 0.4) is 0 Å². The van der Waals surface area contributed by atoms with Crippen molar-refractivity contribution in [1.29, 1.82) is 0 Å². The predicted molar refractivity (Wildman–Crippen MR) is 151 cm³/mol. The van der Waals surface area contributed by atoms with Crippen molar-refractivity contribution < 1.29 is 13.2 Å². The fraction of sp³-hybridized carbons (Fsp3) is 0.103. The summed E-state index contributed by atoms with van der Waals surface area (Å²) in [6.07, 6.45) is 0. The van der Waals surface area contributed by atoms with Crippen molar-refractivity contribution in [2.75, 3.05) is 5.32 Å². The fourth-order valence-electron chi connectivity index (χ4n) is 4.77. The maximum atomic E-state index is 14.1. The van der Waals surface area contributed by atoms with E-state index >= 15 is 0 Å². The number of rotatable bonds is 5. The quantitative estimate of drug-likeness (QED) is 0.270. The van der Waals surface area contributed by atoms with Crippen molar-refractivity contribution in [2.45, 2.75) is 13.5 Å². The summed E-state index contributed by atoms with van der Waals surface area (Å²) < 4.78 is 45.6. The van der Waals surface area contributed by atoms with Gasteiger partial charge in [-0.1, -0.05) is 48.0 Å². The van der Waals surface area contributed by atoms with Gasteiger partial charge in [0.25, 0.3) is 0 Å². The van der Waals surface area contributed by atoms with Gasteiger partial charge in [0.15, 0.2) is 17.5 Å². The number of halogens is 4. The van der Waals surface area contributed by atoms with Gasteiger partial charge in [0.1, 0.15) is 5.82 Å². The van der Waals surface area contributed by atoms with E-state index in [1.54, 1.807) is 36.4 Å². The van der Waals surface area contributed by atoms with Gasteiger partial charge < -0.3 is 9.88 Å². The highest BCUT2D eigenvalue weighted by atomic mass is 35.5. The van der Waals surface area contributed by atoms with Crippen LogP contribution < -0.4 is 16.7 Å². The zero-order valence-corrected chi connectivity index (χ0v) is 22.4. The Balaban J connectivity index is 1.57. The number of imidazole rings is 1. The van der Waals surface area contributed by atoms with Crippen LogP contribution in [-0.4, -0.2) is 23.7 Å². The molecule has 6 rings (SSSR count). The molecule has 6 aromatic rings. The van der Waals surface area contributed by atoms with Gasteiger partial charge in [-0.25, -0.2) is 32.3 Å². The lowest BCUT2D eigenvalue weighted by Crippen LogP contribution is -2.41. The summed E-state index contributed by atoms with van der Waals surface area (Å²) in [6.45, 7) is 1.38. The lowest BCUT2D eigenvalue weighted by molar-refractivity contribution is 0.444. The van der Waals surface area contributed by atoms with E-state index < -0.39 is 35.4 Å². The van der Waals surface area contributed by atoms with Crippen molar-refractivity contribution in [2.24, 2.45) is 7.05 Å². The Bertz CT molecular complexity index is 2110. The Morgan fingerprint density at radius 3 is 2.39 bits per heavy atom. The van der Waals surface area contributed by atoms with Gasteiger partial charge in [-0.05, 0) is 48.2 Å². The summed E-state index contributed by atoms with van der Waals surface area (Å²) in [7, 11) is 1.82. The minimum Gasteiger partial charge on any atom is -0.331 e. The Hall–Kier alpha value is -4.90. The maximum Gasteiger partial charge on any atom is 0.359 e. The zero-order chi connectivity index (χ0) is 29.0. The molecule has 0 aliphatic carbocycles. The van der Waals surface area contributed by atoms with Gasteiger partial charge in [-0.15, -0.1) is 0 Å². The van der Waals surface area contributed by atoms with E-state index in [9.17, 15) is 22.8 Å². The molecule has 0 amide bonds. The van der Waals surface area contributed by atoms with Crippen molar-refractivity contribution in [1.82, 2.24) is 23.7 Å². The van der Waals surface area contributed by atoms with Crippen LogP contribution in [0, 0.1) is 24.4 Å². The Morgan fingerprint density at radius 1 is 0.927 bits per heavy atom. The monoisotopic (exact) mass is 576 g/mol. The highest BCUT2D eigenvalue weighted by Gasteiger charge is 2.20. The molecule has 0 fully saturated rings. The lowest BCUT2D eigenvalue weighted by atomic mass is 10.1. The third kappa shape index (κ3) is 4.53. The van der Waals surface area contributed by atoms with Gasteiger partial charge >= 0.3 is 11.4 Å². The molecular formula is C29H20ClF3N6O2. The maximum absolute atomic E-state index is 14.1. The smallest absolute Gasteiger partial charge is 0.331 e. The van der Waals surface area contributed by atoms with E-state index in [0.29, 0.717) is 16.6 Å². The first-order chi connectivity index (χ1) is 19.6. The summed E-state index contributed by atoms with van der Waals surface area (Å²) in [4.78, 5) is 35.9. The first kappa shape index (κ1) is 26.3. The first-order valence-electron chi connectivity index (χ1n) is 12.4. The van der Waals surface area contributed by atoms with Crippen LogP contribution in [0.2, 0.25) is 5.02 Å². The van der Waals surface area contributed by atoms with Crippen molar-refractivity contribution in [3.05, 3.63) is 122 Å². The van der Waals surface area contributed by atoms with Gasteiger partial charge in [0.2, 0.25) is 5.95 Å². The van der Waals surface area contributed by atoms with E-state index in [1.807, 2.05) is 36.7 Å². The molecule has 4 aromatic carbocycles. The minimum atomic E-state index is -1.63. The Kier molecular flexibility index (Phi) is 6.38. The van der Waals surface area contributed by atoms with Crippen LogP contribution in [0.25, 0.3) is 27.5 Å². The number of nitrogens with zero attached hydrogens (tertiary/aromatic N) is 5. The molecule has 0 saturated carbocycles. The molecule has 0 atom stereocenters. The van der Waals surface area contributed by atoms with Gasteiger partial charge in [-0.2, -0.15) is 4.98 Å². The second-order valence-corrected chi connectivity index (χ2v) is 9.86. The average molecular weight is 577 g/mol. The van der Waals surface area contributed by atoms with Crippen LogP contribution >= 0.6 is 11.6 Å². The number of fused-ring (bicyclic) bond motifs is 2. The summed E-state index contributed by atoms with van der Waals surface area (Å²) in [5.41, 5.74) is 0.122. The van der Waals surface area contributed by atoms with Crippen LogP contribution in [0.4, 0.5) is 24.8 Å². The molecule has 0 unspecified atom stereocenters. The van der Waals surface area contributed by atoms with Crippen LogP contribution in [0.15, 0.2) is 76.3 Å². The number of anilines is 2. The molecule has 0 spiro atoms. The summed E-state index contributed by atoms with van der Waals surface area (Å²) in [5, 5.41) is 4.55. The summed E-state index contributed by atoms with van der Waals surface area (Å²) in [5.74, 6) is -3.97. The van der Waals surface area contributed by atoms with Crippen molar-refractivity contribution in [3.8, 4) is 5.69 Å². The van der Waals surface area contributed by atoms with Gasteiger partial charge in [-0.3, -0.25) is 4.57 Å². The molecule has 0 aliphatic rings. The highest BCUT2D eigenvalue weighted by molar-refractivity contribution is 6.34. The van der Waals surface area contributed by atoms with Gasteiger partial charge in [0.05, 0.1) is 34.0 Å². The SMILES string of the molecule is Cc1nc2cc(Cl)c(Nc3nc(=O)n(-c4cccc5ccccc45)c(=O)n3Cc3cc(F)c(F)c(F)c3)cc2n1C. The number of aryl methyl sites for hydroxylation is 2. The average Bonchev–Trinajstić information content (AvgIpc) is 3.21.